The molecule has 0 aliphatic heterocycles. The minimum Gasteiger partial charge on any atom is -0.480 e. The van der Waals surface area contributed by atoms with Gasteiger partial charge in [-0.1, -0.05) is 27.7 Å². The highest BCUT2D eigenvalue weighted by molar-refractivity contribution is 5.94. The minimum atomic E-state index is -1.55. The number of guanidine groups is 1. The molecule has 0 aliphatic carbocycles. The van der Waals surface area contributed by atoms with Crippen LogP contribution < -0.4 is 38.9 Å². The number of carboxylic acids is 1. The predicted molar refractivity (Wildman–Crippen MR) is 134 cm³/mol. The SMILES string of the molecule is CC(C)CC(N)C(=O)NC(CCCN=C(N)N)C(=O)NC(CC(C)C)C(=O)NC(CC(N)=O)C(=O)O. The Morgan fingerprint density at radius 3 is 1.75 bits per heavy atom. The first-order valence-corrected chi connectivity index (χ1v) is 11.9. The third-order valence-corrected chi connectivity index (χ3v) is 5.00. The second-order valence-corrected chi connectivity index (χ2v) is 9.51. The molecule has 0 aromatic carbocycles. The number of hydrogen-bond acceptors (Lipinski definition) is 7. The fourth-order valence-corrected chi connectivity index (χ4v) is 3.31. The van der Waals surface area contributed by atoms with Crippen LogP contribution in [0.3, 0.4) is 0 Å². The van der Waals surface area contributed by atoms with Crippen molar-refractivity contribution < 1.29 is 29.1 Å². The summed E-state index contributed by atoms with van der Waals surface area (Å²) in [5.41, 5.74) is 21.6. The van der Waals surface area contributed by atoms with Gasteiger partial charge in [-0.2, -0.15) is 0 Å². The summed E-state index contributed by atoms with van der Waals surface area (Å²) in [4.78, 5) is 65.0. The lowest BCUT2D eigenvalue weighted by molar-refractivity contribution is -0.144. The topological polar surface area (TPSA) is 258 Å². The summed E-state index contributed by atoms with van der Waals surface area (Å²) in [7, 11) is 0. The second kappa shape index (κ2) is 16.3. The number of nitrogens with zero attached hydrogens (tertiary/aromatic N) is 1. The number of carbonyl (C=O) groups excluding carboxylic acids is 4. The number of amides is 4. The van der Waals surface area contributed by atoms with E-state index in [2.05, 4.69) is 20.9 Å². The lowest BCUT2D eigenvalue weighted by Crippen LogP contribution is -2.57. The molecule has 0 rings (SSSR count). The molecular weight excluding hydrogens is 472 g/mol. The van der Waals surface area contributed by atoms with Gasteiger partial charge in [0, 0.05) is 6.54 Å². The van der Waals surface area contributed by atoms with Crippen LogP contribution in [0.15, 0.2) is 4.99 Å². The maximum atomic E-state index is 13.1. The van der Waals surface area contributed by atoms with Crippen molar-refractivity contribution in [1.82, 2.24) is 16.0 Å². The number of hydrogen-bond donors (Lipinski definition) is 8. The van der Waals surface area contributed by atoms with Crippen molar-refractivity contribution in [2.75, 3.05) is 6.54 Å². The Bertz CT molecular complexity index is 797. The van der Waals surface area contributed by atoms with Crippen molar-refractivity contribution in [1.29, 1.82) is 0 Å². The number of carbonyl (C=O) groups is 5. The molecule has 0 spiro atoms. The quantitative estimate of drug-likeness (QED) is 0.0598. The Morgan fingerprint density at radius 2 is 1.28 bits per heavy atom. The summed E-state index contributed by atoms with van der Waals surface area (Å²) in [5, 5.41) is 16.7. The van der Waals surface area contributed by atoms with E-state index in [1.165, 1.54) is 0 Å². The van der Waals surface area contributed by atoms with Crippen LogP contribution in [0.5, 0.6) is 0 Å². The van der Waals surface area contributed by atoms with Crippen LogP contribution in [0, 0.1) is 11.8 Å². The molecule has 0 bridgehead atoms. The molecule has 0 radical (unpaired) electrons. The van der Waals surface area contributed by atoms with E-state index in [1.807, 2.05) is 27.7 Å². The largest absolute Gasteiger partial charge is 0.480 e. The molecule has 12 N–H and O–H groups in total. The zero-order valence-electron chi connectivity index (χ0n) is 21.5. The Labute approximate surface area is 211 Å². The maximum Gasteiger partial charge on any atom is 0.326 e. The van der Waals surface area contributed by atoms with E-state index in [9.17, 15) is 29.1 Å². The molecule has 0 aromatic rings. The van der Waals surface area contributed by atoms with E-state index in [0.29, 0.717) is 12.8 Å². The zero-order chi connectivity index (χ0) is 28.0. The molecule has 0 aliphatic rings. The van der Waals surface area contributed by atoms with Crippen molar-refractivity contribution >= 4 is 35.6 Å². The minimum absolute atomic E-state index is 0.0603. The number of rotatable bonds is 17. The van der Waals surface area contributed by atoms with Crippen molar-refractivity contribution in [2.24, 2.45) is 39.8 Å². The molecule has 0 aromatic heterocycles. The third kappa shape index (κ3) is 14.1. The average Bonchev–Trinajstić information content (AvgIpc) is 2.73. The molecule has 36 heavy (non-hydrogen) atoms. The fraction of sp³-hybridized carbons (Fsp3) is 0.727. The van der Waals surface area contributed by atoms with Crippen LogP contribution in [-0.4, -0.2) is 71.4 Å². The van der Waals surface area contributed by atoms with E-state index in [1.54, 1.807) is 0 Å². The number of nitrogens with two attached hydrogens (primary N) is 4. The molecular formula is C22H42N8O6. The summed E-state index contributed by atoms with van der Waals surface area (Å²) >= 11 is 0. The van der Waals surface area contributed by atoms with Gasteiger partial charge in [-0.05, 0) is 37.5 Å². The lowest BCUT2D eigenvalue weighted by Gasteiger charge is -2.26. The van der Waals surface area contributed by atoms with Crippen LogP contribution in [0.25, 0.3) is 0 Å². The Morgan fingerprint density at radius 1 is 0.778 bits per heavy atom. The molecule has 4 amide bonds. The molecule has 4 atom stereocenters. The number of aliphatic imine (C=N–C) groups is 1. The standard InChI is InChI=1S/C22H42N8O6/c1-11(2)8-13(23)18(32)28-14(6-5-7-27-22(25)26)19(33)29-15(9-12(3)4)20(34)30-16(21(35)36)10-17(24)31/h11-16H,5-10,23H2,1-4H3,(H2,24,31)(H,28,32)(H,29,33)(H,30,34)(H,35,36)(H4,25,26,27). The summed E-state index contributed by atoms with van der Waals surface area (Å²) in [6.07, 6.45) is 0.459. The molecule has 0 heterocycles. The highest BCUT2D eigenvalue weighted by Crippen LogP contribution is 2.09. The Hall–Kier alpha value is -3.42. The van der Waals surface area contributed by atoms with Gasteiger partial charge in [0.1, 0.15) is 18.1 Å². The van der Waals surface area contributed by atoms with Gasteiger partial charge in [0.15, 0.2) is 5.96 Å². The van der Waals surface area contributed by atoms with Gasteiger partial charge in [0.2, 0.25) is 23.6 Å². The number of aliphatic carboxylic acids is 1. The smallest absolute Gasteiger partial charge is 0.326 e. The molecule has 4 unspecified atom stereocenters. The average molecular weight is 515 g/mol. The number of nitrogens with one attached hydrogen (secondary N) is 3. The van der Waals surface area contributed by atoms with E-state index >= 15 is 0 Å². The highest BCUT2D eigenvalue weighted by atomic mass is 16.4. The zero-order valence-corrected chi connectivity index (χ0v) is 21.5. The predicted octanol–water partition coefficient (Wildman–Crippen LogP) is -2.13. The second-order valence-electron chi connectivity index (χ2n) is 9.51. The lowest BCUT2D eigenvalue weighted by atomic mass is 10.0. The molecule has 14 heteroatoms. The van der Waals surface area contributed by atoms with Gasteiger partial charge in [-0.3, -0.25) is 24.2 Å². The first-order valence-electron chi connectivity index (χ1n) is 11.9. The van der Waals surface area contributed by atoms with Crippen LogP contribution in [0.2, 0.25) is 0 Å². The van der Waals surface area contributed by atoms with E-state index in [-0.39, 0.29) is 37.2 Å². The summed E-state index contributed by atoms with van der Waals surface area (Å²) in [5.74, 6) is -4.36. The van der Waals surface area contributed by atoms with Crippen LogP contribution >= 0.6 is 0 Å². The molecule has 0 saturated heterocycles. The van der Waals surface area contributed by atoms with Crippen LogP contribution in [0.4, 0.5) is 0 Å². The monoisotopic (exact) mass is 514 g/mol. The van der Waals surface area contributed by atoms with Gasteiger partial charge in [0.25, 0.3) is 0 Å². The van der Waals surface area contributed by atoms with Gasteiger partial charge in [-0.15, -0.1) is 0 Å². The van der Waals surface area contributed by atoms with Gasteiger partial charge < -0.3 is 44.0 Å². The van der Waals surface area contributed by atoms with Gasteiger partial charge >= 0.3 is 5.97 Å². The van der Waals surface area contributed by atoms with Gasteiger partial charge in [-0.25, -0.2) is 4.79 Å². The normalized spacial score (nSPS) is 14.3. The van der Waals surface area contributed by atoms with E-state index in [4.69, 9.17) is 22.9 Å². The van der Waals surface area contributed by atoms with Crippen molar-refractivity contribution in [3.05, 3.63) is 0 Å². The van der Waals surface area contributed by atoms with Crippen LogP contribution in [0.1, 0.15) is 59.8 Å². The third-order valence-electron chi connectivity index (χ3n) is 5.00. The van der Waals surface area contributed by atoms with Gasteiger partial charge in [0.05, 0.1) is 12.5 Å². The maximum absolute atomic E-state index is 13.1. The summed E-state index contributed by atoms with van der Waals surface area (Å²) < 4.78 is 0. The molecule has 14 nitrogen and oxygen atoms in total. The Kier molecular flexibility index (Phi) is 14.7. The van der Waals surface area contributed by atoms with Crippen LogP contribution in [-0.2, 0) is 24.0 Å². The Balaban J connectivity index is 5.63. The fourth-order valence-electron chi connectivity index (χ4n) is 3.31. The molecule has 0 fully saturated rings. The first-order chi connectivity index (χ1) is 16.6. The van der Waals surface area contributed by atoms with E-state index < -0.39 is 60.2 Å². The number of carboxylic acid groups (broad SMARTS) is 1. The molecule has 0 saturated carbocycles. The highest BCUT2D eigenvalue weighted by Gasteiger charge is 2.31. The van der Waals surface area contributed by atoms with Crippen molar-refractivity contribution in [3.63, 3.8) is 0 Å². The number of primary amides is 1. The van der Waals surface area contributed by atoms with Crippen molar-refractivity contribution in [2.45, 2.75) is 84.0 Å². The molecule has 206 valence electrons. The first kappa shape index (κ1) is 32.6. The van der Waals surface area contributed by atoms with Crippen molar-refractivity contribution in [3.8, 4) is 0 Å². The van der Waals surface area contributed by atoms with E-state index in [0.717, 1.165) is 0 Å². The summed E-state index contributed by atoms with van der Waals surface area (Å²) in [6.45, 7) is 7.64. The summed E-state index contributed by atoms with van der Waals surface area (Å²) in [6, 6.07) is -4.56.